The second-order valence-corrected chi connectivity index (χ2v) is 6.62. The summed E-state index contributed by atoms with van der Waals surface area (Å²) < 4.78 is 7.27. The van der Waals surface area contributed by atoms with Crippen molar-refractivity contribution < 1.29 is 19.4 Å². The van der Waals surface area contributed by atoms with Crippen molar-refractivity contribution in [3.05, 3.63) is 90.0 Å². The molecule has 3 aromatic rings. The number of amides is 1. The van der Waals surface area contributed by atoms with Gasteiger partial charge in [-0.15, -0.1) is 0 Å². The number of carbonyl (C=O) groups excluding carboxylic acids is 1. The molecule has 2 aromatic carbocycles. The molecule has 0 aliphatic rings. The molecule has 0 aliphatic carbocycles. The van der Waals surface area contributed by atoms with Crippen LogP contribution >= 0.6 is 0 Å². The number of rotatable bonds is 9. The lowest BCUT2D eigenvalue weighted by Gasteiger charge is -2.25. The van der Waals surface area contributed by atoms with Gasteiger partial charge in [-0.1, -0.05) is 60.7 Å². The van der Waals surface area contributed by atoms with Crippen LogP contribution in [0.5, 0.6) is 0 Å². The van der Waals surface area contributed by atoms with Crippen LogP contribution in [0.2, 0.25) is 0 Å². The Balaban J connectivity index is 1.67. The Hall–Kier alpha value is -3.45. The molecule has 0 radical (unpaired) electrons. The van der Waals surface area contributed by atoms with E-state index in [4.69, 9.17) is 4.74 Å². The van der Waals surface area contributed by atoms with Crippen LogP contribution < -0.4 is 0 Å². The number of benzene rings is 2. The standard InChI is InChI=1S/C22H23N3O4/c1-17(25(22(27)28)14-18-8-4-2-5-9-18)20(26)21-23-12-13-24(21)16-29-15-19-10-6-3-7-11-19/h2-13,17H,14-16H2,1H3,(H,27,28)/t17-/m0/s1. The first-order valence-electron chi connectivity index (χ1n) is 9.26. The number of Topliss-reactive ketones (excluding diaryl/α,β-unsaturated/α-hetero) is 1. The molecular weight excluding hydrogens is 370 g/mol. The molecule has 7 nitrogen and oxygen atoms in total. The van der Waals surface area contributed by atoms with Crippen LogP contribution in [0.25, 0.3) is 0 Å². The molecule has 0 saturated carbocycles. The number of carbonyl (C=O) groups is 2. The molecule has 0 spiro atoms. The smallest absolute Gasteiger partial charge is 0.408 e. The molecule has 29 heavy (non-hydrogen) atoms. The molecule has 0 fully saturated rings. The van der Waals surface area contributed by atoms with E-state index < -0.39 is 12.1 Å². The molecule has 1 aromatic heterocycles. The topological polar surface area (TPSA) is 84.7 Å². The van der Waals surface area contributed by atoms with Crippen molar-refractivity contribution >= 4 is 11.9 Å². The minimum atomic E-state index is -1.16. The molecule has 7 heteroatoms. The lowest BCUT2D eigenvalue weighted by Crippen LogP contribution is -2.42. The van der Waals surface area contributed by atoms with Crippen LogP contribution in [0.4, 0.5) is 4.79 Å². The van der Waals surface area contributed by atoms with E-state index in [1.54, 1.807) is 17.7 Å². The largest absolute Gasteiger partial charge is 0.465 e. The van der Waals surface area contributed by atoms with E-state index in [9.17, 15) is 14.7 Å². The fourth-order valence-corrected chi connectivity index (χ4v) is 2.95. The average molecular weight is 393 g/mol. The van der Waals surface area contributed by atoms with Gasteiger partial charge in [0.25, 0.3) is 0 Å². The summed E-state index contributed by atoms with van der Waals surface area (Å²) in [6.07, 6.45) is 2.00. The van der Waals surface area contributed by atoms with Crippen LogP contribution in [0.1, 0.15) is 28.7 Å². The van der Waals surface area contributed by atoms with Gasteiger partial charge in [-0.05, 0) is 18.1 Å². The van der Waals surface area contributed by atoms with Crippen LogP contribution in [0, 0.1) is 0 Å². The quantitative estimate of drug-likeness (QED) is 0.559. The third-order valence-electron chi connectivity index (χ3n) is 4.57. The maximum atomic E-state index is 13.0. The maximum Gasteiger partial charge on any atom is 0.408 e. The van der Waals surface area contributed by atoms with Crippen molar-refractivity contribution in [1.29, 1.82) is 0 Å². The van der Waals surface area contributed by atoms with Gasteiger partial charge in [-0.25, -0.2) is 9.78 Å². The van der Waals surface area contributed by atoms with Gasteiger partial charge in [0, 0.05) is 18.9 Å². The van der Waals surface area contributed by atoms with Gasteiger partial charge in [0.05, 0.1) is 12.6 Å². The minimum Gasteiger partial charge on any atom is -0.465 e. The van der Waals surface area contributed by atoms with Crippen molar-refractivity contribution in [2.24, 2.45) is 0 Å². The summed E-state index contributed by atoms with van der Waals surface area (Å²) in [5, 5.41) is 9.61. The number of carboxylic acid groups (broad SMARTS) is 1. The normalized spacial score (nSPS) is 11.8. The Morgan fingerprint density at radius 3 is 2.31 bits per heavy atom. The van der Waals surface area contributed by atoms with Crippen molar-refractivity contribution in [1.82, 2.24) is 14.5 Å². The monoisotopic (exact) mass is 393 g/mol. The fraction of sp³-hybridized carbons (Fsp3) is 0.227. The second-order valence-electron chi connectivity index (χ2n) is 6.62. The Morgan fingerprint density at radius 2 is 1.69 bits per heavy atom. The molecule has 1 amide bonds. The van der Waals surface area contributed by atoms with Crippen molar-refractivity contribution in [2.45, 2.75) is 32.8 Å². The molecule has 0 bridgehead atoms. The van der Waals surface area contributed by atoms with E-state index in [0.717, 1.165) is 16.0 Å². The van der Waals surface area contributed by atoms with Crippen molar-refractivity contribution in [2.75, 3.05) is 0 Å². The van der Waals surface area contributed by atoms with Gasteiger partial charge in [-0.2, -0.15) is 0 Å². The van der Waals surface area contributed by atoms with Crippen LogP contribution in [0.3, 0.4) is 0 Å². The minimum absolute atomic E-state index is 0.119. The van der Waals surface area contributed by atoms with Crippen LogP contribution in [0.15, 0.2) is 73.1 Å². The Labute approximate surface area is 169 Å². The van der Waals surface area contributed by atoms with Crippen molar-refractivity contribution in [3.63, 3.8) is 0 Å². The lowest BCUT2D eigenvalue weighted by atomic mass is 10.1. The Kier molecular flexibility index (Phi) is 6.76. The molecular formula is C22H23N3O4. The molecule has 0 unspecified atom stereocenters. The van der Waals surface area contributed by atoms with E-state index in [2.05, 4.69) is 4.98 Å². The van der Waals surface area contributed by atoms with Crippen molar-refractivity contribution in [3.8, 4) is 0 Å². The first-order valence-corrected chi connectivity index (χ1v) is 9.26. The summed E-state index contributed by atoms with van der Waals surface area (Å²) in [7, 11) is 0. The van der Waals surface area contributed by atoms with Gasteiger partial charge in [0.1, 0.15) is 6.73 Å². The fourth-order valence-electron chi connectivity index (χ4n) is 2.95. The third kappa shape index (κ3) is 5.30. The van der Waals surface area contributed by atoms with E-state index >= 15 is 0 Å². The highest BCUT2D eigenvalue weighted by Gasteiger charge is 2.29. The van der Waals surface area contributed by atoms with Gasteiger partial charge < -0.3 is 14.4 Å². The highest BCUT2D eigenvalue weighted by Crippen LogP contribution is 2.13. The van der Waals surface area contributed by atoms with E-state index in [0.29, 0.717) is 6.61 Å². The van der Waals surface area contributed by atoms with Gasteiger partial charge in [0.2, 0.25) is 5.78 Å². The van der Waals surface area contributed by atoms with E-state index in [1.807, 2.05) is 60.7 Å². The van der Waals surface area contributed by atoms with Gasteiger partial charge in [-0.3, -0.25) is 9.69 Å². The molecule has 1 atom stereocenters. The first kappa shape index (κ1) is 20.3. The number of hydrogen-bond acceptors (Lipinski definition) is 4. The molecule has 1 heterocycles. The van der Waals surface area contributed by atoms with Gasteiger partial charge in [0.15, 0.2) is 5.82 Å². The zero-order valence-electron chi connectivity index (χ0n) is 16.1. The number of ether oxygens (including phenoxy) is 1. The second kappa shape index (κ2) is 9.66. The SMILES string of the molecule is C[C@@H](C(=O)c1nccn1COCc1ccccc1)N(Cc1ccccc1)C(=O)O. The molecule has 3 rings (SSSR count). The van der Waals surface area contributed by atoms with Crippen LogP contribution in [-0.2, 0) is 24.6 Å². The number of aromatic nitrogens is 2. The molecule has 1 N–H and O–H groups in total. The van der Waals surface area contributed by atoms with Gasteiger partial charge >= 0.3 is 6.09 Å². The number of nitrogens with zero attached hydrogens (tertiary/aromatic N) is 3. The number of hydrogen-bond donors (Lipinski definition) is 1. The maximum absolute atomic E-state index is 13.0. The third-order valence-corrected chi connectivity index (χ3v) is 4.57. The Morgan fingerprint density at radius 1 is 1.07 bits per heavy atom. The predicted octanol–water partition coefficient (Wildman–Crippen LogP) is 3.81. The molecule has 0 aliphatic heterocycles. The molecule has 150 valence electrons. The van der Waals surface area contributed by atoms with E-state index in [-0.39, 0.29) is 24.9 Å². The first-order chi connectivity index (χ1) is 14.1. The summed E-state index contributed by atoms with van der Waals surface area (Å²) in [5.41, 5.74) is 1.83. The predicted molar refractivity (Wildman–Crippen MR) is 107 cm³/mol. The molecule has 0 saturated heterocycles. The summed E-state index contributed by atoms with van der Waals surface area (Å²) in [6, 6.07) is 18.0. The number of ketones is 1. The van der Waals surface area contributed by atoms with Crippen LogP contribution in [-0.4, -0.2) is 37.5 Å². The van der Waals surface area contributed by atoms with E-state index in [1.165, 1.54) is 6.20 Å². The summed E-state index contributed by atoms with van der Waals surface area (Å²) in [5.74, 6) is -0.207. The zero-order valence-corrected chi connectivity index (χ0v) is 16.1. The average Bonchev–Trinajstić information content (AvgIpc) is 3.21. The Bertz CT molecular complexity index is 941. The zero-order chi connectivity index (χ0) is 20.6. The summed E-state index contributed by atoms with van der Waals surface area (Å²) in [6.45, 7) is 2.24. The lowest BCUT2D eigenvalue weighted by molar-refractivity contribution is 0.0579. The summed E-state index contributed by atoms with van der Waals surface area (Å²) in [4.78, 5) is 29.9. The number of imidazole rings is 1. The highest BCUT2D eigenvalue weighted by atomic mass is 16.5. The highest BCUT2D eigenvalue weighted by molar-refractivity contribution is 5.98. The summed E-state index contributed by atoms with van der Waals surface area (Å²) >= 11 is 0.